The number of aromatic amines is 1. The number of carbonyl (C=O) groups excluding carboxylic acids is 2. The molecule has 0 atom stereocenters. The highest BCUT2D eigenvalue weighted by atomic mass is 35.5. The Balaban J connectivity index is 1.54. The van der Waals surface area contributed by atoms with Crippen LogP contribution in [0.4, 0.5) is 24.5 Å². The Morgan fingerprint density at radius 2 is 2.10 bits per heavy atom. The van der Waals surface area contributed by atoms with Crippen LogP contribution in [0.15, 0.2) is 30.3 Å². The van der Waals surface area contributed by atoms with Gasteiger partial charge in [0.25, 0.3) is 5.91 Å². The van der Waals surface area contributed by atoms with Crippen LogP contribution in [0.5, 0.6) is 0 Å². The SMILES string of the molecule is Cc1[nH]nc2cc(Nc3cccc4c3C(=O)N(CC(=O)NCC(F)(F)F)C4)cc(Cl)c12. The van der Waals surface area contributed by atoms with Crippen molar-refractivity contribution in [2.24, 2.45) is 0 Å². The summed E-state index contributed by atoms with van der Waals surface area (Å²) in [6.07, 6.45) is -4.51. The summed E-state index contributed by atoms with van der Waals surface area (Å²) in [5, 5.41) is 13.3. The Kier molecular flexibility index (Phi) is 5.26. The number of nitrogens with one attached hydrogen (secondary N) is 3. The fourth-order valence-electron chi connectivity index (χ4n) is 3.56. The quantitative estimate of drug-likeness (QED) is 0.548. The van der Waals surface area contributed by atoms with Crippen molar-refractivity contribution in [3.8, 4) is 0 Å². The lowest BCUT2D eigenvalue weighted by molar-refractivity contribution is -0.138. The van der Waals surface area contributed by atoms with Crippen molar-refractivity contribution in [2.45, 2.75) is 19.6 Å². The summed E-state index contributed by atoms with van der Waals surface area (Å²) in [4.78, 5) is 25.9. The molecule has 0 bridgehead atoms. The fraction of sp³-hybridized carbons (Fsp3) is 0.250. The number of benzene rings is 2. The lowest BCUT2D eigenvalue weighted by Gasteiger charge is -2.16. The standard InChI is InChI=1S/C20H17ClF3N5O2/c1-10-17-13(21)5-12(6-15(17)28-27-10)26-14-4-2-3-11-7-29(19(31)18(11)14)8-16(30)25-9-20(22,23)24/h2-6,26H,7-9H2,1H3,(H,25,30)(H,27,28). The van der Waals surface area contributed by atoms with E-state index in [1.807, 2.05) is 6.92 Å². The van der Waals surface area contributed by atoms with E-state index >= 15 is 0 Å². The van der Waals surface area contributed by atoms with Crippen LogP contribution in [-0.4, -0.2) is 46.2 Å². The molecule has 0 saturated heterocycles. The third-order valence-electron chi connectivity index (χ3n) is 4.90. The second-order valence-electron chi connectivity index (χ2n) is 7.22. The van der Waals surface area contributed by atoms with E-state index in [2.05, 4.69) is 15.5 Å². The molecule has 2 aromatic carbocycles. The van der Waals surface area contributed by atoms with Gasteiger partial charge >= 0.3 is 6.18 Å². The second-order valence-corrected chi connectivity index (χ2v) is 7.63. The van der Waals surface area contributed by atoms with E-state index in [1.165, 1.54) is 4.90 Å². The zero-order valence-electron chi connectivity index (χ0n) is 16.2. The largest absolute Gasteiger partial charge is 0.405 e. The molecule has 7 nitrogen and oxygen atoms in total. The Morgan fingerprint density at radius 1 is 1.32 bits per heavy atom. The number of hydrogen-bond acceptors (Lipinski definition) is 4. The minimum Gasteiger partial charge on any atom is -0.355 e. The number of nitrogens with zero attached hydrogens (tertiary/aromatic N) is 2. The summed E-state index contributed by atoms with van der Waals surface area (Å²) in [7, 11) is 0. The lowest BCUT2D eigenvalue weighted by atomic mass is 10.1. The number of hydrogen-bond donors (Lipinski definition) is 3. The van der Waals surface area contributed by atoms with Gasteiger partial charge in [-0.1, -0.05) is 23.7 Å². The van der Waals surface area contributed by atoms with Crippen LogP contribution in [0.1, 0.15) is 21.6 Å². The van der Waals surface area contributed by atoms with Crippen molar-refractivity contribution in [3.05, 3.63) is 52.2 Å². The van der Waals surface area contributed by atoms with Gasteiger partial charge in [-0.2, -0.15) is 18.3 Å². The van der Waals surface area contributed by atoms with E-state index in [0.717, 1.165) is 11.1 Å². The van der Waals surface area contributed by atoms with Crippen LogP contribution in [0.25, 0.3) is 10.9 Å². The zero-order chi connectivity index (χ0) is 22.3. The monoisotopic (exact) mass is 451 g/mol. The molecule has 162 valence electrons. The van der Waals surface area contributed by atoms with Crippen LogP contribution in [-0.2, 0) is 11.3 Å². The van der Waals surface area contributed by atoms with Gasteiger partial charge in [0.1, 0.15) is 13.1 Å². The third-order valence-corrected chi connectivity index (χ3v) is 5.20. The third kappa shape index (κ3) is 4.29. The number of aryl methyl sites for hydroxylation is 1. The van der Waals surface area contributed by atoms with Gasteiger partial charge in [-0.05, 0) is 30.7 Å². The van der Waals surface area contributed by atoms with Gasteiger partial charge in [-0.15, -0.1) is 0 Å². The second kappa shape index (κ2) is 7.77. The lowest BCUT2D eigenvalue weighted by Crippen LogP contribution is -2.41. The number of amides is 2. The molecule has 1 aromatic heterocycles. The number of halogens is 4. The number of rotatable bonds is 5. The molecule has 1 aliphatic heterocycles. The van der Waals surface area contributed by atoms with Crippen molar-refractivity contribution in [1.82, 2.24) is 20.4 Å². The average Bonchev–Trinajstić information content (AvgIpc) is 3.21. The first-order valence-corrected chi connectivity index (χ1v) is 9.66. The zero-order valence-corrected chi connectivity index (χ0v) is 17.0. The summed E-state index contributed by atoms with van der Waals surface area (Å²) in [6, 6.07) is 8.69. The predicted octanol–water partition coefficient (Wildman–Crippen LogP) is 3.90. The average molecular weight is 452 g/mol. The fourth-order valence-corrected chi connectivity index (χ4v) is 3.92. The van der Waals surface area contributed by atoms with E-state index < -0.39 is 31.1 Å². The minimum absolute atomic E-state index is 0.126. The summed E-state index contributed by atoms with van der Waals surface area (Å²) in [6.45, 7) is 0.0782. The highest BCUT2D eigenvalue weighted by molar-refractivity contribution is 6.36. The molecule has 4 rings (SSSR count). The Hall–Kier alpha value is -3.27. The first kappa shape index (κ1) is 21.0. The van der Waals surface area contributed by atoms with E-state index in [-0.39, 0.29) is 6.54 Å². The highest BCUT2D eigenvalue weighted by Gasteiger charge is 2.33. The molecule has 2 amide bonds. The van der Waals surface area contributed by atoms with Gasteiger partial charge in [0.05, 0.1) is 21.8 Å². The normalized spacial score (nSPS) is 13.6. The number of H-pyrrole nitrogens is 1. The molecule has 1 aliphatic rings. The maximum atomic E-state index is 12.9. The van der Waals surface area contributed by atoms with Gasteiger partial charge < -0.3 is 15.5 Å². The van der Waals surface area contributed by atoms with Gasteiger partial charge in [0, 0.05) is 23.3 Å². The van der Waals surface area contributed by atoms with Crippen molar-refractivity contribution in [3.63, 3.8) is 0 Å². The molecule has 31 heavy (non-hydrogen) atoms. The molecule has 0 radical (unpaired) electrons. The molecular weight excluding hydrogens is 435 g/mol. The molecule has 2 heterocycles. The summed E-state index contributed by atoms with van der Waals surface area (Å²) >= 11 is 6.36. The molecular formula is C20H17ClF3N5O2. The van der Waals surface area contributed by atoms with Crippen LogP contribution < -0.4 is 10.6 Å². The number of anilines is 2. The van der Waals surface area contributed by atoms with E-state index in [0.29, 0.717) is 33.0 Å². The molecule has 0 saturated carbocycles. The Morgan fingerprint density at radius 3 is 2.84 bits per heavy atom. The molecule has 3 N–H and O–H groups in total. The summed E-state index contributed by atoms with van der Waals surface area (Å²) < 4.78 is 36.9. The molecule has 0 aliphatic carbocycles. The van der Waals surface area contributed by atoms with Crippen molar-refractivity contribution in [2.75, 3.05) is 18.4 Å². The number of alkyl halides is 3. The number of aromatic nitrogens is 2. The summed E-state index contributed by atoms with van der Waals surface area (Å²) in [5.74, 6) is -1.32. The van der Waals surface area contributed by atoms with Crippen LogP contribution in [0, 0.1) is 6.92 Å². The topological polar surface area (TPSA) is 90.1 Å². The van der Waals surface area contributed by atoms with Gasteiger partial charge in [-0.25, -0.2) is 0 Å². The van der Waals surface area contributed by atoms with Gasteiger partial charge in [0.2, 0.25) is 5.91 Å². The van der Waals surface area contributed by atoms with E-state index in [4.69, 9.17) is 11.6 Å². The number of fused-ring (bicyclic) bond motifs is 2. The molecule has 0 unspecified atom stereocenters. The maximum absolute atomic E-state index is 12.9. The molecule has 0 fully saturated rings. The number of carbonyl (C=O) groups is 2. The van der Waals surface area contributed by atoms with Crippen LogP contribution >= 0.6 is 11.6 Å². The molecule has 11 heteroatoms. The first-order chi connectivity index (χ1) is 14.6. The predicted molar refractivity (Wildman–Crippen MR) is 109 cm³/mol. The molecule has 0 spiro atoms. The first-order valence-electron chi connectivity index (χ1n) is 9.28. The summed E-state index contributed by atoms with van der Waals surface area (Å²) in [5.41, 5.74) is 3.65. The maximum Gasteiger partial charge on any atom is 0.405 e. The van der Waals surface area contributed by atoms with Crippen molar-refractivity contribution in [1.29, 1.82) is 0 Å². The van der Waals surface area contributed by atoms with E-state index in [9.17, 15) is 22.8 Å². The van der Waals surface area contributed by atoms with E-state index in [1.54, 1.807) is 35.6 Å². The highest BCUT2D eigenvalue weighted by Crippen LogP contribution is 2.34. The van der Waals surface area contributed by atoms with Gasteiger partial charge in [-0.3, -0.25) is 14.7 Å². The van der Waals surface area contributed by atoms with Gasteiger partial charge in [0.15, 0.2) is 0 Å². The molecule has 3 aromatic rings. The van der Waals surface area contributed by atoms with Crippen molar-refractivity contribution < 1.29 is 22.8 Å². The van der Waals surface area contributed by atoms with Crippen LogP contribution in [0.2, 0.25) is 5.02 Å². The smallest absolute Gasteiger partial charge is 0.355 e. The Labute approximate surface area is 179 Å². The van der Waals surface area contributed by atoms with Crippen molar-refractivity contribution >= 4 is 45.7 Å². The minimum atomic E-state index is -4.51. The van der Waals surface area contributed by atoms with Crippen LogP contribution in [0.3, 0.4) is 0 Å². The Bertz CT molecular complexity index is 1190.